The predicted molar refractivity (Wildman–Crippen MR) is 146 cm³/mol. The predicted octanol–water partition coefficient (Wildman–Crippen LogP) is -1.17. The van der Waals surface area contributed by atoms with Crippen LogP contribution in [0.4, 0.5) is 0 Å². The molecule has 1 aromatic rings. The van der Waals surface area contributed by atoms with Crippen molar-refractivity contribution in [3.8, 4) is 5.75 Å². The Morgan fingerprint density at radius 3 is 2.13 bits per heavy atom. The van der Waals surface area contributed by atoms with E-state index in [0.29, 0.717) is 18.4 Å². The molecule has 1 rings (SSSR count). The molecule has 0 bridgehead atoms. The van der Waals surface area contributed by atoms with Gasteiger partial charge in [0.25, 0.3) is 0 Å². The number of benzene rings is 1. The van der Waals surface area contributed by atoms with Gasteiger partial charge in [-0.15, -0.1) is 0 Å². The van der Waals surface area contributed by atoms with Crippen LogP contribution in [0.3, 0.4) is 0 Å². The molecule has 0 aromatic heterocycles. The molecule has 0 saturated heterocycles. The summed E-state index contributed by atoms with van der Waals surface area (Å²) in [7, 11) is 0. The number of guanidine groups is 1. The maximum atomic E-state index is 13.2. The normalized spacial score (nSPS) is 14.7. The zero-order chi connectivity index (χ0) is 28.8. The van der Waals surface area contributed by atoms with Gasteiger partial charge in [-0.25, -0.2) is 4.79 Å². The number of thiol groups is 1. The van der Waals surface area contributed by atoms with E-state index in [-0.39, 0.29) is 42.8 Å². The molecule has 13 nitrogen and oxygen atoms in total. The molecular weight excluding hydrogens is 514 g/mol. The number of carboxylic acids is 1. The number of nitrogens with one attached hydrogen (secondary N) is 3. The van der Waals surface area contributed by atoms with Gasteiger partial charge in [0.05, 0.1) is 6.04 Å². The average Bonchev–Trinajstić information content (AvgIpc) is 2.88. The van der Waals surface area contributed by atoms with E-state index in [1.807, 2.05) is 6.92 Å². The van der Waals surface area contributed by atoms with Gasteiger partial charge in [-0.3, -0.25) is 19.4 Å². The van der Waals surface area contributed by atoms with Crippen molar-refractivity contribution in [1.82, 2.24) is 16.0 Å². The Labute approximate surface area is 227 Å². The fourth-order valence-corrected chi connectivity index (χ4v) is 3.58. The third-order valence-electron chi connectivity index (χ3n) is 5.90. The molecule has 0 aliphatic rings. The summed E-state index contributed by atoms with van der Waals surface area (Å²) >= 11 is 4.01. The van der Waals surface area contributed by atoms with Crippen LogP contribution < -0.4 is 33.2 Å². The highest BCUT2D eigenvalue weighted by Crippen LogP contribution is 2.13. The number of nitrogens with zero attached hydrogens (tertiary/aromatic N) is 1. The van der Waals surface area contributed by atoms with E-state index in [4.69, 9.17) is 17.2 Å². The average molecular weight is 554 g/mol. The Morgan fingerprint density at radius 2 is 1.61 bits per heavy atom. The van der Waals surface area contributed by atoms with Crippen molar-refractivity contribution in [2.24, 2.45) is 28.1 Å². The van der Waals surface area contributed by atoms with Crippen molar-refractivity contribution in [1.29, 1.82) is 0 Å². The fourth-order valence-electron chi connectivity index (χ4n) is 3.42. The van der Waals surface area contributed by atoms with Crippen LogP contribution in [0.1, 0.15) is 38.7 Å². The number of carbonyl (C=O) groups excluding carboxylic acids is 3. The highest BCUT2D eigenvalue weighted by atomic mass is 32.1. The number of aliphatic imine (C=N–C) groups is 1. The second-order valence-corrected chi connectivity index (χ2v) is 9.31. The number of aliphatic carboxylic acids is 1. The van der Waals surface area contributed by atoms with Gasteiger partial charge >= 0.3 is 5.97 Å². The Kier molecular flexibility index (Phi) is 14.0. The van der Waals surface area contributed by atoms with Crippen LogP contribution in [0, 0.1) is 5.92 Å². The number of amides is 3. The van der Waals surface area contributed by atoms with Crippen molar-refractivity contribution in [3.05, 3.63) is 29.8 Å². The van der Waals surface area contributed by atoms with Gasteiger partial charge in [0.15, 0.2) is 5.96 Å². The molecule has 0 saturated carbocycles. The summed E-state index contributed by atoms with van der Waals surface area (Å²) in [4.78, 5) is 54.5. The monoisotopic (exact) mass is 553 g/mol. The molecule has 38 heavy (non-hydrogen) atoms. The maximum absolute atomic E-state index is 13.2. The van der Waals surface area contributed by atoms with E-state index in [0.717, 1.165) is 0 Å². The molecule has 212 valence electrons. The largest absolute Gasteiger partial charge is 0.508 e. The number of phenols is 1. The standard InChI is InChI=1S/C24H39N7O6S/c1-3-13(2)19(31-20(33)16(25)12-38)22(35)29-17(5-4-10-28-24(26)27)21(34)30-18(23(36)37)11-14-6-8-15(32)9-7-14/h6-9,13,16-19,32,38H,3-5,10-12,25H2,1-2H3,(H,29,35)(H,30,34)(H,31,33)(H,36,37)(H4,26,27,28). The maximum Gasteiger partial charge on any atom is 0.326 e. The first-order valence-electron chi connectivity index (χ1n) is 12.2. The van der Waals surface area contributed by atoms with Crippen molar-refractivity contribution in [2.45, 2.75) is 63.7 Å². The molecule has 5 atom stereocenters. The first-order valence-corrected chi connectivity index (χ1v) is 12.9. The summed E-state index contributed by atoms with van der Waals surface area (Å²) in [6.45, 7) is 3.79. The number of nitrogens with two attached hydrogens (primary N) is 3. The van der Waals surface area contributed by atoms with E-state index in [2.05, 4.69) is 33.6 Å². The first-order chi connectivity index (χ1) is 17.9. The number of carboxylic acid groups (broad SMARTS) is 1. The van der Waals surface area contributed by atoms with Gasteiger partial charge in [-0.2, -0.15) is 12.6 Å². The van der Waals surface area contributed by atoms with Crippen LogP contribution in [0.25, 0.3) is 0 Å². The van der Waals surface area contributed by atoms with Crippen molar-refractivity contribution in [3.63, 3.8) is 0 Å². The van der Waals surface area contributed by atoms with Crippen LogP contribution >= 0.6 is 12.6 Å². The van der Waals surface area contributed by atoms with E-state index in [1.54, 1.807) is 19.1 Å². The number of aromatic hydroxyl groups is 1. The van der Waals surface area contributed by atoms with Crippen molar-refractivity contribution in [2.75, 3.05) is 12.3 Å². The summed E-state index contributed by atoms with van der Waals surface area (Å²) < 4.78 is 0. The van der Waals surface area contributed by atoms with E-state index < -0.39 is 47.9 Å². The third-order valence-corrected chi connectivity index (χ3v) is 6.29. The molecule has 14 heteroatoms. The van der Waals surface area contributed by atoms with Crippen LogP contribution in [0.15, 0.2) is 29.3 Å². The number of carbonyl (C=O) groups is 4. The zero-order valence-corrected chi connectivity index (χ0v) is 22.5. The minimum atomic E-state index is -1.30. The molecule has 0 aliphatic carbocycles. The summed E-state index contributed by atoms with van der Waals surface area (Å²) in [5, 5.41) is 26.9. The summed E-state index contributed by atoms with van der Waals surface area (Å²) in [5.41, 5.74) is 17.0. The second kappa shape index (κ2) is 16.3. The highest BCUT2D eigenvalue weighted by Gasteiger charge is 2.32. The minimum absolute atomic E-state index is 0.0199. The summed E-state index contributed by atoms with van der Waals surface area (Å²) in [6, 6.07) is 1.55. The van der Waals surface area contributed by atoms with Crippen molar-refractivity contribution >= 4 is 42.3 Å². The number of phenolic OH excluding ortho intramolecular Hbond substituents is 1. The zero-order valence-electron chi connectivity index (χ0n) is 21.6. The smallest absolute Gasteiger partial charge is 0.326 e. The summed E-state index contributed by atoms with van der Waals surface area (Å²) in [6.07, 6.45) is 0.890. The molecule has 0 aliphatic heterocycles. The molecule has 5 unspecified atom stereocenters. The summed E-state index contributed by atoms with van der Waals surface area (Å²) in [5.74, 6) is -3.51. The fraction of sp³-hybridized carbons (Fsp3) is 0.542. The molecule has 1 aromatic carbocycles. The van der Waals surface area contributed by atoms with Gasteiger partial charge in [0.2, 0.25) is 17.7 Å². The van der Waals surface area contributed by atoms with Gasteiger partial charge in [0, 0.05) is 18.7 Å². The van der Waals surface area contributed by atoms with Gasteiger partial charge in [-0.05, 0) is 36.5 Å². The quantitative estimate of drug-likeness (QED) is 0.0518. The lowest BCUT2D eigenvalue weighted by Gasteiger charge is -2.28. The van der Waals surface area contributed by atoms with Gasteiger partial charge in [-0.1, -0.05) is 32.4 Å². The van der Waals surface area contributed by atoms with Crippen LogP contribution in [0.2, 0.25) is 0 Å². The molecule has 3 amide bonds. The van der Waals surface area contributed by atoms with Gasteiger partial charge in [0.1, 0.15) is 23.9 Å². The Bertz CT molecular complexity index is 972. The first kappa shape index (κ1) is 32.5. The highest BCUT2D eigenvalue weighted by molar-refractivity contribution is 7.80. The lowest BCUT2D eigenvalue weighted by Crippen LogP contribution is -2.59. The van der Waals surface area contributed by atoms with E-state index in [1.165, 1.54) is 12.1 Å². The van der Waals surface area contributed by atoms with Gasteiger partial charge < -0.3 is 43.4 Å². The molecular formula is C24H39N7O6S. The van der Waals surface area contributed by atoms with Crippen LogP contribution in [-0.2, 0) is 25.6 Å². The SMILES string of the molecule is CCC(C)C(NC(=O)C(N)CS)C(=O)NC(CCCN=C(N)N)C(=O)NC(Cc1ccc(O)cc1)C(=O)O. The second-order valence-electron chi connectivity index (χ2n) is 8.94. The van der Waals surface area contributed by atoms with E-state index in [9.17, 15) is 29.4 Å². The lowest BCUT2D eigenvalue weighted by molar-refractivity contribution is -0.142. The third kappa shape index (κ3) is 11.3. The van der Waals surface area contributed by atoms with E-state index >= 15 is 0 Å². The molecule has 0 spiro atoms. The van der Waals surface area contributed by atoms with Crippen LogP contribution in [0.5, 0.6) is 5.75 Å². The molecule has 11 N–H and O–H groups in total. The molecule has 0 radical (unpaired) electrons. The topological polar surface area (TPSA) is 235 Å². The number of hydrogen-bond donors (Lipinski definition) is 9. The Balaban J connectivity index is 3.10. The van der Waals surface area contributed by atoms with Crippen molar-refractivity contribution < 1.29 is 29.4 Å². The molecule has 0 fully saturated rings. The minimum Gasteiger partial charge on any atom is -0.508 e. The Morgan fingerprint density at radius 1 is 1.00 bits per heavy atom. The lowest BCUT2D eigenvalue weighted by atomic mass is 9.97. The number of hydrogen-bond acceptors (Lipinski definition) is 8. The Hall–Kier alpha value is -3.52. The van der Waals surface area contributed by atoms with Crippen LogP contribution in [-0.4, -0.2) is 76.3 Å². The number of rotatable bonds is 16. The molecule has 0 heterocycles.